The first-order valence-corrected chi connectivity index (χ1v) is 7.05. The Hall–Kier alpha value is -0.830. The second-order valence-corrected chi connectivity index (χ2v) is 5.85. The van der Waals surface area contributed by atoms with E-state index in [9.17, 15) is 0 Å². The van der Waals surface area contributed by atoms with Crippen LogP contribution in [0, 0.1) is 0 Å². The van der Waals surface area contributed by atoms with Crippen LogP contribution >= 0.6 is 11.8 Å². The summed E-state index contributed by atoms with van der Waals surface area (Å²) in [4.78, 5) is 0. The molecule has 1 aromatic carbocycles. The van der Waals surface area contributed by atoms with Gasteiger partial charge in [-0.15, -0.1) is 0 Å². The number of benzene rings is 1. The number of aryl methyl sites for hydroxylation is 1. The Kier molecular flexibility index (Phi) is 2.51. The quantitative estimate of drug-likeness (QED) is 0.851. The van der Waals surface area contributed by atoms with Crippen molar-refractivity contribution in [3.63, 3.8) is 0 Å². The molecular formula is C13H17NOS. The lowest BCUT2D eigenvalue weighted by molar-refractivity contribution is 0.130. The number of nitrogens with one attached hydrogen (secondary N) is 1. The van der Waals surface area contributed by atoms with E-state index in [1.807, 2.05) is 11.8 Å². The molecule has 16 heavy (non-hydrogen) atoms. The van der Waals surface area contributed by atoms with Gasteiger partial charge in [-0.25, -0.2) is 0 Å². The highest BCUT2D eigenvalue weighted by molar-refractivity contribution is 8.00. The minimum absolute atomic E-state index is 0.0545. The van der Waals surface area contributed by atoms with Crippen molar-refractivity contribution in [2.45, 2.75) is 25.4 Å². The molecule has 0 amide bonds. The number of ether oxygens (including phenoxy) is 1. The molecular weight excluding hydrogens is 218 g/mol. The van der Waals surface area contributed by atoms with Gasteiger partial charge in [-0.3, -0.25) is 0 Å². The molecule has 1 fully saturated rings. The van der Waals surface area contributed by atoms with Crippen molar-refractivity contribution in [3.8, 4) is 5.75 Å². The van der Waals surface area contributed by atoms with Crippen molar-refractivity contribution in [2.75, 3.05) is 23.4 Å². The number of hydrogen-bond acceptors (Lipinski definition) is 3. The molecule has 1 aromatic rings. The van der Waals surface area contributed by atoms with Gasteiger partial charge >= 0.3 is 0 Å². The van der Waals surface area contributed by atoms with Crippen molar-refractivity contribution >= 4 is 17.4 Å². The molecule has 2 heterocycles. The minimum Gasteiger partial charge on any atom is -0.484 e. The lowest BCUT2D eigenvalue weighted by Crippen LogP contribution is -2.45. The smallest absolute Gasteiger partial charge is 0.143 e. The highest BCUT2D eigenvalue weighted by Crippen LogP contribution is 2.39. The summed E-state index contributed by atoms with van der Waals surface area (Å²) in [7, 11) is 0. The Balaban J connectivity index is 1.88. The van der Waals surface area contributed by atoms with Crippen LogP contribution in [0.15, 0.2) is 18.2 Å². The van der Waals surface area contributed by atoms with Gasteiger partial charge in [-0.1, -0.05) is 12.1 Å². The molecule has 2 nitrogen and oxygen atoms in total. The number of rotatable bonds is 2. The molecule has 0 unspecified atom stereocenters. The monoisotopic (exact) mass is 235 g/mol. The van der Waals surface area contributed by atoms with E-state index < -0.39 is 0 Å². The van der Waals surface area contributed by atoms with Crippen molar-refractivity contribution in [1.82, 2.24) is 0 Å². The first kappa shape index (κ1) is 10.3. The molecule has 1 N–H and O–H groups in total. The maximum Gasteiger partial charge on any atom is 0.143 e. The van der Waals surface area contributed by atoms with E-state index in [0.717, 1.165) is 23.8 Å². The normalized spacial score (nSPS) is 21.6. The van der Waals surface area contributed by atoms with Gasteiger partial charge < -0.3 is 10.1 Å². The topological polar surface area (TPSA) is 21.3 Å². The number of thioether (sulfide) groups is 1. The average molecular weight is 235 g/mol. The summed E-state index contributed by atoms with van der Waals surface area (Å²) in [6.45, 7) is 3.27. The van der Waals surface area contributed by atoms with Crippen LogP contribution in [-0.4, -0.2) is 23.7 Å². The summed E-state index contributed by atoms with van der Waals surface area (Å²) in [6, 6.07) is 6.40. The molecule has 0 saturated carbocycles. The molecule has 1 saturated heterocycles. The van der Waals surface area contributed by atoms with Crippen LogP contribution in [-0.2, 0) is 6.42 Å². The first-order chi connectivity index (χ1) is 7.77. The number of fused-ring (bicyclic) bond motifs is 1. The van der Waals surface area contributed by atoms with Gasteiger partial charge in [0.25, 0.3) is 0 Å². The van der Waals surface area contributed by atoms with E-state index in [1.165, 1.54) is 24.1 Å². The van der Waals surface area contributed by atoms with E-state index in [4.69, 9.17) is 4.74 Å². The Morgan fingerprint density at radius 1 is 1.38 bits per heavy atom. The van der Waals surface area contributed by atoms with Crippen molar-refractivity contribution < 1.29 is 4.74 Å². The van der Waals surface area contributed by atoms with Crippen LogP contribution in [0.4, 0.5) is 5.69 Å². The Labute approximate surface area is 101 Å². The van der Waals surface area contributed by atoms with Gasteiger partial charge in [0.1, 0.15) is 11.4 Å². The van der Waals surface area contributed by atoms with E-state index in [1.54, 1.807) is 0 Å². The Bertz CT molecular complexity index is 401. The molecule has 0 aliphatic carbocycles. The second kappa shape index (κ2) is 3.88. The predicted molar refractivity (Wildman–Crippen MR) is 69.6 cm³/mol. The molecule has 0 aromatic heterocycles. The molecule has 0 spiro atoms. The maximum atomic E-state index is 6.15. The highest BCUT2D eigenvalue weighted by Gasteiger charge is 2.35. The summed E-state index contributed by atoms with van der Waals surface area (Å²) in [5, 5.41) is 3.47. The molecule has 0 bridgehead atoms. The molecule has 2 aliphatic heterocycles. The molecule has 3 heteroatoms. The SMILES string of the molecule is CC1(Oc2cccc3c2NCCC3)CSC1. The van der Waals surface area contributed by atoms with E-state index in [-0.39, 0.29) is 5.60 Å². The molecule has 3 rings (SSSR count). The summed E-state index contributed by atoms with van der Waals surface area (Å²) < 4.78 is 6.15. The van der Waals surface area contributed by atoms with Crippen LogP contribution in [0.25, 0.3) is 0 Å². The van der Waals surface area contributed by atoms with Gasteiger partial charge in [0.2, 0.25) is 0 Å². The Morgan fingerprint density at radius 3 is 3.00 bits per heavy atom. The third-order valence-corrected chi connectivity index (χ3v) is 4.84. The standard InChI is InChI=1S/C13H17NOS/c1-13(8-16-9-13)15-11-6-2-4-10-5-3-7-14-12(10)11/h2,4,6,14H,3,5,7-9H2,1H3. The summed E-state index contributed by atoms with van der Waals surface area (Å²) >= 11 is 1.96. The number of anilines is 1. The lowest BCUT2D eigenvalue weighted by Gasteiger charge is -2.38. The van der Waals surface area contributed by atoms with E-state index in [0.29, 0.717) is 0 Å². The van der Waals surface area contributed by atoms with Gasteiger partial charge in [-0.2, -0.15) is 11.8 Å². The fourth-order valence-corrected chi connectivity index (χ4v) is 3.17. The van der Waals surface area contributed by atoms with Gasteiger partial charge in [0.15, 0.2) is 0 Å². The predicted octanol–water partition coefficient (Wildman–Crippen LogP) is 2.93. The third kappa shape index (κ3) is 1.77. The van der Waals surface area contributed by atoms with Crippen LogP contribution in [0.3, 0.4) is 0 Å². The van der Waals surface area contributed by atoms with Gasteiger partial charge in [0.05, 0.1) is 5.69 Å². The summed E-state index contributed by atoms with van der Waals surface area (Å²) in [5.41, 5.74) is 2.69. The summed E-state index contributed by atoms with van der Waals surface area (Å²) in [5.74, 6) is 3.26. The Morgan fingerprint density at radius 2 is 2.25 bits per heavy atom. The summed E-state index contributed by atoms with van der Waals surface area (Å²) in [6.07, 6.45) is 2.40. The van der Waals surface area contributed by atoms with Crippen LogP contribution in [0.2, 0.25) is 0 Å². The molecule has 2 aliphatic rings. The van der Waals surface area contributed by atoms with Crippen molar-refractivity contribution in [3.05, 3.63) is 23.8 Å². The second-order valence-electron chi connectivity index (χ2n) is 4.87. The fourth-order valence-electron chi connectivity index (χ4n) is 2.28. The van der Waals surface area contributed by atoms with Crippen LogP contribution < -0.4 is 10.1 Å². The number of hydrogen-bond donors (Lipinski definition) is 1. The van der Waals surface area contributed by atoms with Crippen molar-refractivity contribution in [1.29, 1.82) is 0 Å². The van der Waals surface area contributed by atoms with Gasteiger partial charge in [0, 0.05) is 18.1 Å². The molecule has 86 valence electrons. The zero-order valence-electron chi connectivity index (χ0n) is 9.58. The van der Waals surface area contributed by atoms with Gasteiger partial charge in [-0.05, 0) is 31.4 Å². The van der Waals surface area contributed by atoms with E-state index >= 15 is 0 Å². The zero-order valence-corrected chi connectivity index (χ0v) is 10.4. The largest absolute Gasteiger partial charge is 0.484 e. The maximum absolute atomic E-state index is 6.15. The first-order valence-electron chi connectivity index (χ1n) is 5.89. The average Bonchev–Trinajstić information content (AvgIpc) is 2.27. The zero-order chi connectivity index (χ0) is 11.0. The van der Waals surface area contributed by atoms with E-state index in [2.05, 4.69) is 30.4 Å². The minimum atomic E-state index is 0.0545. The van der Waals surface area contributed by atoms with Crippen LogP contribution in [0.1, 0.15) is 18.9 Å². The fraction of sp³-hybridized carbons (Fsp3) is 0.538. The van der Waals surface area contributed by atoms with Crippen LogP contribution in [0.5, 0.6) is 5.75 Å². The third-order valence-electron chi connectivity index (χ3n) is 3.21. The highest BCUT2D eigenvalue weighted by atomic mass is 32.2. The molecule has 0 radical (unpaired) electrons. The molecule has 0 atom stereocenters. The lowest BCUT2D eigenvalue weighted by atomic mass is 10.0. The van der Waals surface area contributed by atoms with Crippen molar-refractivity contribution in [2.24, 2.45) is 0 Å². The number of para-hydroxylation sites is 1.